The van der Waals surface area contributed by atoms with E-state index in [1.165, 1.54) is 30.5 Å². The first-order valence-corrected chi connectivity index (χ1v) is 6.16. The molecule has 0 saturated carbocycles. The van der Waals surface area contributed by atoms with Crippen LogP contribution < -0.4 is 5.32 Å². The Kier molecular flexibility index (Phi) is 3.63. The second-order valence-corrected chi connectivity index (χ2v) is 4.77. The van der Waals surface area contributed by atoms with Crippen molar-refractivity contribution < 1.29 is 13.6 Å². The standard InChI is InChI=1S/C11H6Br2FNO2/c12-8-5-6(1-2-9(8)14)15-11(16)7-3-4-17-10(7)13/h1-5H,(H,15,16). The van der Waals surface area contributed by atoms with Crippen molar-refractivity contribution >= 4 is 43.5 Å². The molecule has 0 aliphatic rings. The zero-order chi connectivity index (χ0) is 12.4. The average molecular weight is 363 g/mol. The maximum Gasteiger partial charge on any atom is 0.260 e. The molecule has 0 spiro atoms. The molecular weight excluding hydrogens is 357 g/mol. The van der Waals surface area contributed by atoms with E-state index in [0.29, 0.717) is 20.4 Å². The molecule has 0 fully saturated rings. The van der Waals surface area contributed by atoms with Gasteiger partial charge in [0.15, 0.2) is 4.67 Å². The molecule has 0 unspecified atom stereocenters. The van der Waals surface area contributed by atoms with Gasteiger partial charge in [0.25, 0.3) is 5.91 Å². The Hall–Kier alpha value is -1.14. The van der Waals surface area contributed by atoms with E-state index in [4.69, 9.17) is 4.42 Å². The third kappa shape index (κ3) is 2.76. The summed E-state index contributed by atoms with van der Waals surface area (Å²) in [5.74, 6) is -0.711. The summed E-state index contributed by atoms with van der Waals surface area (Å²) in [5.41, 5.74) is 0.877. The Morgan fingerprint density at radius 2 is 2.06 bits per heavy atom. The van der Waals surface area contributed by atoms with Gasteiger partial charge in [-0.3, -0.25) is 4.79 Å². The first-order valence-electron chi connectivity index (χ1n) is 4.57. The van der Waals surface area contributed by atoms with E-state index in [9.17, 15) is 9.18 Å². The molecule has 1 amide bonds. The van der Waals surface area contributed by atoms with Gasteiger partial charge in [-0.05, 0) is 56.1 Å². The number of benzene rings is 1. The molecule has 2 aromatic rings. The summed E-state index contributed by atoms with van der Waals surface area (Å²) in [6.07, 6.45) is 1.40. The van der Waals surface area contributed by atoms with Crippen molar-refractivity contribution in [2.45, 2.75) is 0 Å². The fourth-order valence-electron chi connectivity index (χ4n) is 1.23. The monoisotopic (exact) mass is 361 g/mol. The van der Waals surface area contributed by atoms with Crippen LogP contribution in [-0.2, 0) is 0 Å². The van der Waals surface area contributed by atoms with E-state index >= 15 is 0 Å². The minimum Gasteiger partial charge on any atom is -0.457 e. The van der Waals surface area contributed by atoms with Gasteiger partial charge in [0.05, 0.1) is 16.3 Å². The van der Waals surface area contributed by atoms with Gasteiger partial charge in [0.1, 0.15) is 5.82 Å². The molecule has 2 rings (SSSR count). The van der Waals surface area contributed by atoms with Gasteiger partial charge >= 0.3 is 0 Å². The van der Waals surface area contributed by atoms with Gasteiger partial charge in [-0.15, -0.1) is 0 Å². The molecule has 1 heterocycles. The van der Waals surface area contributed by atoms with Crippen LogP contribution in [0.15, 0.2) is 44.1 Å². The lowest BCUT2D eigenvalue weighted by Gasteiger charge is -2.04. The van der Waals surface area contributed by atoms with Gasteiger partial charge in [-0.25, -0.2) is 4.39 Å². The molecule has 0 bridgehead atoms. The lowest BCUT2D eigenvalue weighted by atomic mass is 10.2. The van der Waals surface area contributed by atoms with Crippen molar-refractivity contribution in [1.29, 1.82) is 0 Å². The van der Waals surface area contributed by atoms with Crippen LogP contribution in [-0.4, -0.2) is 5.91 Å². The van der Waals surface area contributed by atoms with Crippen molar-refractivity contribution in [1.82, 2.24) is 0 Å². The van der Waals surface area contributed by atoms with Crippen LogP contribution in [0.4, 0.5) is 10.1 Å². The van der Waals surface area contributed by atoms with Gasteiger partial charge in [0, 0.05) is 5.69 Å². The molecule has 88 valence electrons. The predicted molar refractivity (Wildman–Crippen MR) is 68.5 cm³/mol. The second-order valence-electron chi connectivity index (χ2n) is 3.19. The van der Waals surface area contributed by atoms with E-state index in [0.717, 1.165) is 0 Å². The van der Waals surface area contributed by atoms with Crippen molar-refractivity contribution in [3.8, 4) is 0 Å². The highest BCUT2D eigenvalue weighted by molar-refractivity contribution is 9.10. The van der Waals surface area contributed by atoms with Gasteiger partial charge in [-0.2, -0.15) is 0 Å². The number of furan rings is 1. The number of nitrogens with one attached hydrogen (secondary N) is 1. The van der Waals surface area contributed by atoms with Crippen molar-refractivity contribution in [3.05, 3.63) is 51.1 Å². The maximum absolute atomic E-state index is 13.0. The van der Waals surface area contributed by atoms with Gasteiger partial charge in [0.2, 0.25) is 0 Å². The maximum atomic E-state index is 13.0. The molecule has 0 aliphatic carbocycles. The first-order chi connectivity index (χ1) is 8.08. The number of carbonyl (C=O) groups is 1. The summed E-state index contributed by atoms with van der Waals surface area (Å²) in [5, 5.41) is 2.63. The van der Waals surface area contributed by atoms with Crippen LogP contribution in [0.1, 0.15) is 10.4 Å². The van der Waals surface area contributed by atoms with Gasteiger partial charge < -0.3 is 9.73 Å². The normalized spacial score (nSPS) is 10.3. The van der Waals surface area contributed by atoms with Crippen LogP contribution in [0.3, 0.4) is 0 Å². The molecular formula is C11H6Br2FNO2. The smallest absolute Gasteiger partial charge is 0.260 e. The molecule has 0 aliphatic heterocycles. The van der Waals surface area contributed by atoms with Crippen LogP contribution in [0, 0.1) is 5.82 Å². The number of halogens is 3. The quantitative estimate of drug-likeness (QED) is 0.870. The SMILES string of the molecule is O=C(Nc1ccc(F)c(Br)c1)c1ccoc1Br. The number of carbonyl (C=O) groups excluding carboxylic acids is 1. The minimum atomic E-state index is -0.382. The number of rotatable bonds is 2. The van der Waals surface area contributed by atoms with Crippen molar-refractivity contribution in [3.63, 3.8) is 0 Å². The number of anilines is 1. The summed E-state index contributed by atoms with van der Waals surface area (Å²) < 4.78 is 18.6. The molecule has 1 aromatic carbocycles. The molecule has 17 heavy (non-hydrogen) atoms. The summed E-state index contributed by atoms with van der Waals surface area (Å²) in [6.45, 7) is 0. The molecule has 1 N–H and O–H groups in total. The number of hydrogen-bond acceptors (Lipinski definition) is 2. The lowest BCUT2D eigenvalue weighted by Crippen LogP contribution is -2.11. The Labute approximate surface area is 113 Å². The fourth-order valence-corrected chi connectivity index (χ4v) is 2.03. The average Bonchev–Trinajstić information content (AvgIpc) is 2.70. The molecule has 3 nitrogen and oxygen atoms in total. The van der Waals surface area contributed by atoms with Crippen LogP contribution in [0.5, 0.6) is 0 Å². The summed E-state index contributed by atoms with van der Waals surface area (Å²) in [4.78, 5) is 11.8. The number of amides is 1. The van der Waals surface area contributed by atoms with Crippen molar-refractivity contribution in [2.75, 3.05) is 5.32 Å². The Morgan fingerprint density at radius 3 is 2.65 bits per heavy atom. The van der Waals surface area contributed by atoms with Crippen LogP contribution in [0.2, 0.25) is 0 Å². The van der Waals surface area contributed by atoms with E-state index in [-0.39, 0.29) is 11.7 Å². The highest BCUT2D eigenvalue weighted by Gasteiger charge is 2.13. The topological polar surface area (TPSA) is 42.2 Å². The Morgan fingerprint density at radius 1 is 1.29 bits per heavy atom. The van der Waals surface area contributed by atoms with E-state index in [1.807, 2.05) is 0 Å². The highest BCUT2D eigenvalue weighted by Crippen LogP contribution is 2.22. The fraction of sp³-hybridized carbons (Fsp3) is 0. The summed E-state index contributed by atoms with van der Waals surface area (Å²) >= 11 is 6.15. The van der Waals surface area contributed by atoms with E-state index < -0.39 is 0 Å². The Bertz CT molecular complexity index is 568. The summed E-state index contributed by atoms with van der Waals surface area (Å²) in [6, 6.07) is 5.77. The molecule has 6 heteroatoms. The third-order valence-corrected chi connectivity index (χ3v) is 3.26. The molecule has 0 saturated heterocycles. The molecule has 1 aromatic heterocycles. The predicted octanol–water partition coefficient (Wildman–Crippen LogP) is 4.20. The molecule has 0 radical (unpaired) electrons. The first kappa shape index (κ1) is 12.3. The summed E-state index contributed by atoms with van der Waals surface area (Å²) in [7, 11) is 0. The largest absolute Gasteiger partial charge is 0.457 e. The highest BCUT2D eigenvalue weighted by atomic mass is 79.9. The van der Waals surface area contributed by atoms with Crippen molar-refractivity contribution in [2.24, 2.45) is 0 Å². The third-order valence-electron chi connectivity index (χ3n) is 2.04. The van der Waals surface area contributed by atoms with Crippen LogP contribution >= 0.6 is 31.9 Å². The van der Waals surface area contributed by atoms with E-state index in [1.54, 1.807) is 0 Å². The number of hydrogen-bond donors (Lipinski definition) is 1. The molecule has 0 atom stereocenters. The Balaban J connectivity index is 2.19. The van der Waals surface area contributed by atoms with Gasteiger partial charge in [-0.1, -0.05) is 0 Å². The zero-order valence-corrected chi connectivity index (χ0v) is 11.5. The minimum absolute atomic E-state index is 0.293. The zero-order valence-electron chi connectivity index (χ0n) is 8.34. The van der Waals surface area contributed by atoms with E-state index in [2.05, 4.69) is 37.2 Å². The second kappa shape index (κ2) is 5.01. The van der Waals surface area contributed by atoms with Crippen LogP contribution in [0.25, 0.3) is 0 Å². The lowest BCUT2D eigenvalue weighted by molar-refractivity contribution is 0.102.